The Kier molecular flexibility index (Phi) is 9.29. The smallest absolute Gasteiger partial charge is 0.342 e. The van der Waals surface area contributed by atoms with Gasteiger partial charge in [0.15, 0.2) is 0 Å². The standard InChI is InChI=1S/C16H26NO3.BrH/c1-5-17(4,6-2)12-13-20-16(18)14-10-8-9-11-15(14)19-7-3;/h8-11H,5-7,12-13H2,1-4H3;1H/q+1;/p-1. The van der Waals surface area contributed by atoms with Crippen LogP contribution in [-0.2, 0) is 4.74 Å². The molecule has 0 aliphatic rings. The number of esters is 1. The van der Waals surface area contributed by atoms with E-state index in [2.05, 4.69) is 20.9 Å². The number of ether oxygens (including phenoxy) is 2. The lowest BCUT2D eigenvalue weighted by atomic mass is 10.2. The first-order valence-corrected chi connectivity index (χ1v) is 7.28. The summed E-state index contributed by atoms with van der Waals surface area (Å²) in [7, 11) is 2.17. The van der Waals surface area contributed by atoms with Gasteiger partial charge in [-0.05, 0) is 32.9 Å². The molecular formula is C16H26BrNO3. The lowest BCUT2D eigenvalue weighted by Crippen LogP contribution is -3.00. The Morgan fingerprint density at radius 1 is 1.14 bits per heavy atom. The van der Waals surface area contributed by atoms with Crippen LogP contribution >= 0.6 is 0 Å². The fourth-order valence-electron chi connectivity index (χ4n) is 1.89. The van der Waals surface area contributed by atoms with Crippen molar-refractivity contribution >= 4 is 5.97 Å². The molecule has 0 saturated heterocycles. The van der Waals surface area contributed by atoms with Crippen molar-refractivity contribution in [3.63, 3.8) is 0 Å². The molecule has 1 rings (SSSR count). The van der Waals surface area contributed by atoms with E-state index in [4.69, 9.17) is 9.47 Å². The predicted molar refractivity (Wildman–Crippen MR) is 80.0 cm³/mol. The highest BCUT2D eigenvalue weighted by Gasteiger charge is 2.18. The van der Waals surface area contributed by atoms with Gasteiger partial charge in [-0.3, -0.25) is 0 Å². The fourth-order valence-corrected chi connectivity index (χ4v) is 1.89. The number of nitrogens with zero attached hydrogens (tertiary/aromatic N) is 1. The van der Waals surface area contributed by atoms with Crippen LogP contribution in [0.5, 0.6) is 5.75 Å². The van der Waals surface area contributed by atoms with Crippen LogP contribution in [0.1, 0.15) is 31.1 Å². The monoisotopic (exact) mass is 359 g/mol. The van der Waals surface area contributed by atoms with Gasteiger partial charge in [-0.1, -0.05) is 12.1 Å². The average Bonchev–Trinajstić information content (AvgIpc) is 2.47. The van der Waals surface area contributed by atoms with Gasteiger partial charge in [0.2, 0.25) is 0 Å². The number of rotatable bonds is 8. The van der Waals surface area contributed by atoms with Gasteiger partial charge in [0.05, 0.1) is 26.7 Å². The molecule has 0 atom stereocenters. The van der Waals surface area contributed by atoms with E-state index in [0.717, 1.165) is 24.1 Å². The van der Waals surface area contributed by atoms with Crippen molar-refractivity contribution in [2.45, 2.75) is 20.8 Å². The maximum atomic E-state index is 12.1. The average molecular weight is 360 g/mol. The van der Waals surface area contributed by atoms with E-state index < -0.39 is 0 Å². The minimum absolute atomic E-state index is 0. The third-order valence-electron chi connectivity index (χ3n) is 3.80. The molecule has 0 bridgehead atoms. The Morgan fingerprint density at radius 2 is 1.76 bits per heavy atom. The molecule has 0 radical (unpaired) electrons. The van der Waals surface area contributed by atoms with Crippen molar-refractivity contribution < 1.29 is 35.7 Å². The molecule has 120 valence electrons. The van der Waals surface area contributed by atoms with Gasteiger partial charge in [-0.2, -0.15) is 0 Å². The number of likely N-dealkylation sites (N-methyl/N-ethyl adjacent to an activating group) is 1. The largest absolute Gasteiger partial charge is 1.00 e. The van der Waals surface area contributed by atoms with E-state index in [1.807, 2.05) is 19.1 Å². The highest BCUT2D eigenvalue weighted by molar-refractivity contribution is 5.92. The molecule has 4 nitrogen and oxygen atoms in total. The van der Waals surface area contributed by atoms with Crippen LogP contribution in [0.15, 0.2) is 24.3 Å². The van der Waals surface area contributed by atoms with Crippen LogP contribution in [0.2, 0.25) is 0 Å². The van der Waals surface area contributed by atoms with Gasteiger partial charge < -0.3 is 30.9 Å². The number of hydrogen-bond acceptors (Lipinski definition) is 3. The van der Waals surface area contributed by atoms with E-state index in [0.29, 0.717) is 24.5 Å². The Bertz CT molecular complexity index is 433. The summed E-state index contributed by atoms with van der Waals surface area (Å²) in [4.78, 5) is 12.1. The summed E-state index contributed by atoms with van der Waals surface area (Å²) in [5.74, 6) is 0.274. The second-order valence-electron chi connectivity index (χ2n) is 5.04. The Balaban J connectivity index is 0.00000400. The third kappa shape index (κ3) is 6.06. The van der Waals surface area contributed by atoms with Crippen molar-refractivity contribution in [3.05, 3.63) is 29.8 Å². The van der Waals surface area contributed by atoms with Crippen LogP contribution in [-0.4, -0.2) is 50.3 Å². The third-order valence-corrected chi connectivity index (χ3v) is 3.80. The zero-order valence-corrected chi connectivity index (χ0v) is 15.0. The molecule has 0 heterocycles. The maximum absolute atomic E-state index is 12.1. The summed E-state index contributed by atoms with van der Waals surface area (Å²) < 4.78 is 11.7. The van der Waals surface area contributed by atoms with Crippen LogP contribution in [0.25, 0.3) is 0 Å². The van der Waals surface area contributed by atoms with E-state index in [9.17, 15) is 4.79 Å². The SMILES string of the molecule is CCOc1ccccc1C(=O)OCC[N+](C)(CC)CC.[Br-]. The second-order valence-corrected chi connectivity index (χ2v) is 5.04. The van der Waals surface area contributed by atoms with Gasteiger partial charge in [0, 0.05) is 0 Å². The highest BCUT2D eigenvalue weighted by atomic mass is 79.9. The van der Waals surface area contributed by atoms with Gasteiger partial charge in [-0.15, -0.1) is 0 Å². The Hall–Kier alpha value is -1.07. The Labute approximate surface area is 138 Å². The molecular weight excluding hydrogens is 334 g/mol. The molecule has 0 spiro atoms. The lowest BCUT2D eigenvalue weighted by molar-refractivity contribution is -0.906. The van der Waals surface area contributed by atoms with E-state index >= 15 is 0 Å². The highest BCUT2D eigenvalue weighted by Crippen LogP contribution is 2.18. The number of carbonyl (C=O) groups is 1. The molecule has 0 fully saturated rings. The van der Waals surface area contributed by atoms with Crippen molar-refractivity contribution in [2.75, 3.05) is 39.9 Å². The molecule has 0 unspecified atom stereocenters. The molecule has 21 heavy (non-hydrogen) atoms. The van der Waals surface area contributed by atoms with Crippen LogP contribution in [0.4, 0.5) is 0 Å². The predicted octanol–water partition coefficient (Wildman–Crippen LogP) is -0.267. The van der Waals surface area contributed by atoms with Crippen molar-refractivity contribution in [1.29, 1.82) is 0 Å². The molecule has 0 saturated carbocycles. The minimum atomic E-state index is -0.312. The molecule has 0 aliphatic carbocycles. The summed E-state index contributed by atoms with van der Waals surface area (Å²) in [5.41, 5.74) is 0.497. The maximum Gasteiger partial charge on any atom is 0.342 e. The van der Waals surface area contributed by atoms with E-state index in [-0.39, 0.29) is 23.0 Å². The topological polar surface area (TPSA) is 35.5 Å². The van der Waals surface area contributed by atoms with Crippen LogP contribution < -0.4 is 21.7 Å². The van der Waals surface area contributed by atoms with Gasteiger partial charge in [0.1, 0.15) is 24.5 Å². The fraction of sp³-hybridized carbons (Fsp3) is 0.562. The first kappa shape index (κ1) is 19.9. The number of hydrogen-bond donors (Lipinski definition) is 0. The van der Waals surface area contributed by atoms with E-state index in [1.165, 1.54) is 0 Å². The molecule has 1 aromatic carbocycles. The lowest BCUT2D eigenvalue weighted by Gasteiger charge is -2.31. The first-order chi connectivity index (χ1) is 9.56. The zero-order valence-electron chi connectivity index (χ0n) is 13.4. The number of benzene rings is 1. The van der Waals surface area contributed by atoms with E-state index in [1.54, 1.807) is 12.1 Å². The summed E-state index contributed by atoms with van der Waals surface area (Å²) in [6.45, 7) is 10.0. The Morgan fingerprint density at radius 3 is 2.33 bits per heavy atom. The molecule has 0 amide bonds. The summed E-state index contributed by atoms with van der Waals surface area (Å²) >= 11 is 0. The van der Waals surface area contributed by atoms with Crippen LogP contribution in [0, 0.1) is 0 Å². The zero-order chi connectivity index (χ0) is 15.0. The normalized spacial score (nSPS) is 10.7. The summed E-state index contributed by atoms with van der Waals surface area (Å²) in [5, 5.41) is 0. The number of carbonyl (C=O) groups excluding carboxylic acids is 1. The molecule has 5 heteroatoms. The van der Waals surface area contributed by atoms with Crippen molar-refractivity contribution in [1.82, 2.24) is 0 Å². The first-order valence-electron chi connectivity index (χ1n) is 7.28. The number of quaternary nitrogens is 1. The van der Waals surface area contributed by atoms with Gasteiger partial charge in [-0.25, -0.2) is 4.79 Å². The molecule has 0 aromatic heterocycles. The van der Waals surface area contributed by atoms with Crippen molar-refractivity contribution in [3.8, 4) is 5.75 Å². The second kappa shape index (κ2) is 9.79. The van der Waals surface area contributed by atoms with Crippen LogP contribution in [0.3, 0.4) is 0 Å². The summed E-state index contributed by atoms with van der Waals surface area (Å²) in [6, 6.07) is 7.20. The molecule has 0 aliphatic heterocycles. The van der Waals surface area contributed by atoms with Crippen molar-refractivity contribution in [2.24, 2.45) is 0 Å². The number of para-hydroxylation sites is 1. The molecule has 1 aromatic rings. The quantitative estimate of drug-likeness (QED) is 0.473. The summed E-state index contributed by atoms with van der Waals surface area (Å²) in [6.07, 6.45) is 0. The van der Waals surface area contributed by atoms with Gasteiger partial charge >= 0.3 is 5.97 Å². The van der Waals surface area contributed by atoms with Gasteiger partial charge in [0.25, 0.3) is 0 Å². The number of halogens is 1. The minimum Gasteiger partial charge on any atom is -1.00 e. The molecule has 0 N–H and O–H groups in total.